The number of carbonyl (C=O) groups is 2. The van der Waals surface area contributed by atoms with E-state index in [4.69, 9.17) is 11.5 Å². The van der Waals surface area contributed by atoms with Gasteiger partial charge in [0.2, 0.25) is 5.91 Å². The number of amides is 1. The molecule has 1 amide bonds. The molecule has 1 fully saturated rings. The highest BCUT2D eigenvalue weighted by Crippen LogP contribution is 2.22. The van der Waals surface area contributed by atoms with Crippen molar-refractivity contribution in [3.05, 3.63) is 0 Å². The molecule has 0 aromatic heterocycles. The Morgan fingerprint density at radius 1 is 1.56 bits per heavy atom. The minimum atomic E-state index is -0.834. The average Bonchev–Trinajstić information content (AvgIpc) is 2.60. The smallest absolute Gasteiger partial charge is 0.308 e. The van der Waals surface area contributed by atoms with Gasteiger partial charge in [0.25, 0.3) is 0 Å². The van der Waals surface area contributed by atoms with Crippen molar-refractivity contribution in [1.82, 2.24) is 10.2 Å². The number of nitrogens with zero attached hydrogens (tertiary/aromatic N) is 1. The lowest BCUT2D eigenvalue weighted by molar-refractivity contribution is -0.142. The molecule has 2 N–H and O–H groups in total. The maximum absolute atomic E-state index is 11.6. The van der Waals surface area contributed by atoms with Crippen LogP contribution in [0.1, 0.15) is 6.92 Å². The molecule has 0 aliphatic carbocycles. The van der Waals surface area contributed by atoms with Gasteiger partial charge in [-0.3, -0.25) is 14.9 Å². The predicted molar refractivity (Wildman–Crippen MR) is 58.6 cm³/mol. The first-order valence-electron chi connectivity index (χ1n) is 5.21. The van der Waals surface area contributed by atoms with E-state index >= 15 is 0 Å². The zero-order chi connectivity index (χ0) is 12.1. The molecular weight excluding hydrogens is 208 g/mol. The highest BCUT2D eigenvalue weighted by Gasteiger charge is 2.36. The zero-order valence-corrected chi connectivity index (χ0v) is 9.27. The lowest BCUT2D eigenvalue weighted by Gasteiger charge is -2.15. The van der Waals surface area contributed by atoms with E-state index in [1.54, 1.807) is 4.90 Å². The van der Waals surface area contributed by atoms with Crippen LogP contribution >= 0.6 is 0 Å². The van der Waals surface area contributed by atoms with E-state index < -0.39 is 11.9 Å². The van der Waals surface area contributed by atoms with E-state index in [9.17, 15) is 9.59 Å². The second kappa shape index (κ2) is 5.52. The number of hydrogen-bond acceptors (Lipinski definition) is 3. The van der Waals surface area contributed by atoms with Gasteiger partial charge in [-0.2, -0.15) is 0 Å². The van der Waals surface area contributed by atoms with E-state index in [0.29, 0.717) is 19.6 Å². The van der Waals surface area contributed by atoms with Gasteiger partial charge in [0, 0.05) is 13.1 Å². The molecule has 2 atom stereocenters. The van der Waals surface area contributed by atoms with Crippen molar-refractivity contribution >= 4 is 11.9 Å². The number of hydrogen-bond donors (Lipinski definition) is 2. The van der Waals surface area contributed by atoms with Gasteiger partial charge in [0.05, 0.1) is 19.0 Å². The van der Waals surface area contributed by atoms with Crippen LogP contribution in [0, 0.1) is 24.2 Å². The Hall–Kier alpha value is -1.54. The highest BCUT2D eigenvalue weighted by atomic mass is 16.4. The largest absolute Gasteiger partial charge is 0.481 e. The normalized spacial score (nSPS) is 24.1. The third kappa shape index (κ3) is 2.97. The minimum absolute atomic E-state index is 0.00841. The summed E-state index contributed by atoms with van der Waals surface area (Å²) in [4.78, 5) is 24.1. The lowest BCUT2D eigenvalue weighted by atomic mass is 9.99. The Labute approximate surface area is 94.8 Å². The van der Waals surface area contributed by atoms with Crippen molar-refractivity contribution in [2.75, 3.05) is 26.2 Å². The summed E-state index contributed by atoms with van der Waals surface area (Å²) in [5.41, 5.74) is 0. The summed E-state index contributed by atoms with van der Waals surface area (Å²) in [6.07, 6.45) is 5.04. The number of rotatable bonds is 4. The Morgan fingerprint density at radius 2 is 2.25 bits per heavy atom. The fourth-order valence-corrected chi connectivity index (χ4v) is 1.85. The van der Waals surface area contributed by atoms with Gasteiger partial charge in [-0.05, 0) is 5.92 Å². The summed E-state index contributed by atoms with van der Waals surface area (Å²) in [6.45, 7) is 3.17. The van der Waals surface area contributed by atoms with Gasteiger partial charge in [-0.25, -0.2) is 0 Å². The number of aliphatic carboxylic acids is 1. The Balaban J connectivity index is 2.43. The van der Waals surface area contributed by atoms with Crippen molar-refractivity contribution in [3.63, 3.8) is 0 Å². The van der Waals surface area contributed by atoms with Gasteiger partial charge >= 0.3 is 5.97 Å². The minimum Gasteiger partial charge on any atom is -0.481 e. The van der Waals surface area contributed by atoms with Crippen molar-refractivity contribution in [2.45, 2.75) is 6.92 Å². The molecule has 1 rings (SSSR count). The van der Waals surface area contributed by atoms with Crippen molar-refractivity contribution in [3.8, 4) is 12.3 Å². The fourth-order valence-electron chi connectivity index (χ4n) is 1.85. The van der Waals surface area contributed by atoms with Gasteiger partial charge in [-0.1, -0.05) is 12.8 Å². The van der Waals surface area contributed by atoms with Gasteiger partial charge in [-0.15, -0.1) is 6.42 Å². The van der Waals surface area contributed by atoms with Gasteiger partial charge in [0.1, 0.15) is 0 Å². The van der Waals surface area contributed by atoms with Crippen LogP contribution in [0.25, 0.3) is 0 Å². The number of likely N-dealkylation sites (tertiary alicyclic amines) is 1. The molecule has 0 aromatic rings. The van der Waals surface area contributed by atoms with Crippen LogP contribution in [0.5, 0.6) is 0 Å². The van der Waals surface area contributed by atoms with Gasteiger partial charge < -0.3 is 10.0 Å². The van der Waals surface area contributed by atoms with E-state index in [2.05, 4.69) is 11.2 Å². The van der Waals surface area contributed by atoms with Crippen LogP contribution in [0.4, 0.5) is 0 Å². The molecule has 2 unspecified atom stereocenters. The summed E-state index contributed by atoms with van der Waals surface area (Å²) in [7, 11) is 0. The molecule has 1 heterocycles. The topological polar surface area (TPSA) is 69.6 Å². The second-order valence-corrected chi connectivity index (χ2v) is 4.03. The Kier molecular flexibility index (Phi) is 4.32. The molecule has 5 heteroatoms. The number of carboxylic acids is 1. The van der Waals surface area contributed by atoms with Crippen molar-refractivity contribution < 1.29 is 14.7 Å². The predicted octanol–water partition coefficient (Wildman–Crippen LogP) is -0.612. The maximum Gasteiger partial charge on any atom is 0.308 e. The maximum atomic E-state index is 11.6. The fraction of sp³-hybridized carbons (Fsp3) is 0.636. The quantitative estimate of drug-likeness (QED) is 0.493. The molecule has 1 aliphatic heterocycles. The van der Waals surface area contributed by atoms with E-state index in [1.807, 2.05) is 6.92 Å². The summed E-state index contributed by atoms with van der Waals surface area (Å²) >= 11 is 0. The summed E-state index contributed by atoms with van der Waals surface area (Å²) < 4.78 is 0. The third-order valence-corrected chi connectivity index (χ3v) is 2.79. The van der Waals surface area contributed by atoms with Crippen LogP contribution in [0.3, 0.4) is 0 Å². The lowest BCUT2D eigenvalue weighted by Crippen LogP contribution is -2.37. The molecule has 0 bridgehead atoms. The van der Waals surface area contributed by atoms with Crippen LogP contribution < -0.4 is 5.32 Å². The number of terminal acetylenes is 1. The average molecular weight is 224 g/mol. The SMILES string of the molecule is C#CCNCC(=O)N1CC(C)C(C(=O)O)C1. The molecule has 0 aromatic carbocycles. The first-order valence-corrected chi connectivity index (χ1v) is 5.21. The number of carbonyl (C=O) groups excluding carboxylic acids is 1. The standard InChI is InChI=1S/C11H16N2O3/c1-3-4-12-5-10(14)13-6-8(2)9(7-13)11(15)16/h1,8-9,12H,4-7H2,2H3,(H,15,16). The summed E-state index contributed by atoms with van der Waals surface area (Å²) in [6, 6.07) is 0. The molecule has 1 aliphatic rings. The van der Waals surface area contributed by atoms with Crippen molar-refractivity contribution in [2.24, 2.45) is 11.8 Å². The third-order valence-electron chi connectivity index (χ3n) is 2.79. The number of nitrogens with one attached hydrogen (secondary N) is 1. The molecule has 0 spiro atoms. The molecule has 16 heavy (non-hydrogen) atoms. The van der Waals surface area contributed by atoms with Crippen LogP contribution in [-0.4, -0.2) is 48.1 Å². The Morgan fingerprint density at radius 3 is 2.75 bits per heavy atom. The monoisotopic (exact) mass is 224 g/mol. The van der Waals surface area contributed by atoms with Gasteiger partial charge in [0.15, 0.2) is 0 Å². The molecular formula is C11H16N2O3. The van der Waals surface area contributed by atoms with Crippen LogP contribution in [0.2, 0.25) is 0 Å². The molecule has 1 saturated heterocycles. The van der Waals surface area contributed by atoms with E-state index in [-0.39, 0.29) is 18.4 Å². The van der Waals surface area contributed by atoms with E-state index in [1.165, 1.54) is 0 Å². The highest BCUT2D eigenvalue weighted by molar-refractivity contribution is 5.80. The first kappa shape index (κ1) is 12.5. The van der Waals surface area contributed by atoms with Crippen LogP contribution in [-0.2, 0) is 9.59 Å². The first-order chi connectivity index (χ1) is 7.56. The van der Waals surface area contributed by atoms with Crippen molar-refractivity contribution in [1.29, 1.82) is 0 Å². The molecule has 0 saturated carbocycles. The van der Waals surface area contributed by atoms with Crippen LogP contribution in [0.15, 0.2) is 0 Å². The number of carboxylic acid groups (broad SMARTS) is 1. The molecule has 5 nitrogen and oxygen atoms in total. The Bertz CT molecular complexity index is 322. The second-order valence-electron chi connectivity index (χ2n) is 4.03. The zero-order valence-electron chi connectivity index (χ0n) is 9.27. The molecule has 0 radical (unpaired) electrons. The summed E-state index contributed by atoms with van der Waals surface area (Å²) in [5, 5.41) is 11.7. The summed E-state index contributed by atoms with van der Waals surface area (Å²) in [5.74, 6) is 1.01. The molecule has 88 valence electrons. The van der Waals surface area contributed by atoms with E-state index in [0.717, 1.165) is 0 Å².